The lowest BCUT2D eigenvalue weighted by molar-refractivity contribution is -0.139. The summed E-state index contributed by atoms with van der Waals surface area (Å²) in [6.07, 6.45) is -3.14. The molecule has 0 spiro atoms. The molecule has 4 aromatic rings. The fraction of sp³-hybridized carbons (Fsp3) is 0.212. The summed E-state index contributed by atoms with van der Waals surface area (Å²) in [5, 5.41) is 10.4. The van der Waals surface area contributed by atoms with Crippen LogP contribution in [0.25, 0.3) is 0 Å². The van der Waals surface area contributed by atoms with Crippen molar-refractivity contribution < 1.29 is 37.3 Å². The van der Waals surface area contributed by atoms with Crippen molar-refractivity contribution in [1.82, 2.24) is 0 Å². The molecule has 41 heavy (non-hydrogen) atoms. The maximum atomic E-state index is 13.6. The predicted octanol–water partition coefficient (Wildman–Crippen LogP) is 7.22. The second-order valence-corrected chi connectivity index (χ2v) is 10.4. The van der Waals surface area contributed by atoms with Crippen molar-refractivity contribution in [2.24, 2.45) is 5.92 Å². The number of rotatable bonds is 5. The zero-order valence-electron chi connectivity index (χ0n) is 21.7. The van der Waals surface area contributed by atoms with E-state index in [0.717, 1.165) is 35.2 Å². The molecule has 5 nitrogen and oxygen atoms in total. The molecule has 0 amide bonds. The molecular weight excluding hydrogens is 533 g/mol. The summed E-state index contributed by atoms with van der Waals surface area (Å²) in [4.78, 5) is 26.7. The normalized spacial score (nSPS) is 20.1. The van der Waals surface area contributed by atoms with Gasteiger partial charge in [-0.05, 0) is 77.4 Å². The number of Topliss-reactive ketones (excluding diaryl/α,β-unsaturated/α-hetero) is 1. The van der Waals surface area contributed by atoms with Gasteiger partial charge in [0.15, 0.2) is 5.78 Å². The molecule has 1 aliphatic carbocycles. The highest BCUT2D eigenvalue weighted by molar-refractivity contribution is 6.15. The Morgan fingerprint density at radius 2 is 1.61 bits per heavy atom. The van der Waals surface area contributed by atoms with Gasteiger partial charge in [-0.2, -0.15) is 13.2 Å². The SMILES string of the molecule is O=C1Oc2cccc(O)c2C(=O)C1C1CC(c2ccc(OCc3ccc(C(F)(F)F)cc3)cc2)Cc2ccccc21. The van der Waals surface area contributed by atoms with Gasteiger partial charge in [0.2, 0.25) is 0 Å². The average molecular weight is 559 g/mol. The fourth-order valence-corrected chi connectivity index (χ4v) is 5.86. The Morgan fingerprint density at radius 1 is 0.878 bits per heavy atom. The number of ketones is 1. The highest BCUT2D eigenvalue weighted by atomic mass is 19.4. The summed E-state index contributed by atoms with van der Waals surface area (Å²) in [7, 11) is 0. The topological polar surface area (TPSA) is 72.8 Å². The first-order valence-corrected chi connectivity index (χ1v) is 13.2. The largest absolute Gasteiger partial charge is 0.507 e. The molecule has 0 aromatic heterocycles. The highest BCUT2D eigenvalue weighted by Gasteiger charge is 2.46. The molecule has 0 radical (unpaired) electrons. The molecule has 4 aromatic carbocycles. The standard InChI is InChI=1S/C33H25F3O5/c34-33(35,36)23-12-8-19(9-13-23)18-40-24-14-10-20(11-15-24)22-16-21-4-1-2-5-25(21)26(17-22)29-31(38)30-27(37)6-3-7-28(30)41-32(29)39/h1-15,22,26,29,37H,16-18H2. The number of fused-ring (bicyclic) bond motifs is 2. The molecule has 0 saturated carbocycles. The molecule has 2 aliphatic rings. The van der Waals surface area contributed by atoms with E-state index in [1.165, 1.54) is 30.3 Å². The van der Waals surface area contributed by atoms with Gasteiger partial charge >= 0.3 is 12.1 Å². The number of esters is 1. The van der Waals surface area contributed by atoms with Gasteiger partial charge in [-0.3, -0.25) is 9.59 Å². The van der Waals surface area contributed by atoms with E-state index in [1.54, 1.807) is 0 Å². The summed E-state index contributed by atoms with van der Waals surface area (Å²) in [6.45, 7) is 0.122. The molecule has 208 valence electrons. The number of hydrogen-bond donors (Lipinski definition) is 1. The predicted molar refractivity (Wildman–Crippen MR) is 144 cm³/mol. The van der Waals surface area contributed by atoms with Crippen molar-refractivity contribution in [3.63, 3.8) is 0 Å². The van der Waals surface area contributed by atoms with Crippen LogP contribution in [0.4, 0.5) is 13.2 Å². The zero-order valence-corrected chi connectivity index (χ0v) is 21.7. The number of halogens is 3. The fourth-order valence-electron chi connectivity index (χ4n) is 5.86. The van der Waals surface area contributed by atoms with E-state index >= 15 is 0 Å². The Morgan fingerprint density at radius 3 is 2.34 bits per heavy atom. The summed E-state index contributed by atoms with van der Waals surface area (Å²) in [6, 6.07) is 24.5. The van der Waals surface area contributed by atoms with Gasteiger partial charge in [0.05, 0.1) is 5.56 Å². The molecule has 0 bridgehead atoms. The van der Waals surface area contributed by atoms with Crippen LogP contribution in [0.15, 0.2) is 91.0 Å². The summed E-state index contributed by atoms with van der Waals surface area (Å²) in [5.41, 5.74) is 2.92. The quantitative estimate of drug-likeness (QED) is 0.159. The number of benzene rings is 4. The summed E-state index contributed by atoms with van der Waals surface area (Å²) >= 11 is 0. The minimum absolute atomic E-state index is 0.00484. The van der Waals surface area contributed by atoms with Gasteiger partial charge in [0.1, 0.15) is 35.3 Å². The number of phenols is 1. The van der Waals surface area contributed by atoms with Crippen LogP contribution in [0.1, 0.15) is 56.4 Å². The Labute approximate surface area is 234 Å². The smallest absolute Gasteiger partial charge is 0.416 e. The number of hydrogen-bond acceptors (Lipinski definition) is 5. The van der Waals surface area contributed by atoms with Gasteiger partial charge in [0, 0.05) is 5.92 Å². The Balaban J connectivity index is 1.21. The number of ether oxygens (including phenoxy) is 2. The average Bonchev–Trinajstić information content (AvgIpc) is 2.96. The first-order chi connectivity index (χ1) is 19.7. The van der Waals surface area contributed by atoms with Crippen molar-refractivity contribution in [3.8, 4) is 17.2 Å². The summed E-state index contributed by atoms with van der Waals surface area (Å²) in [5.74, 6) is -2.15. The Kier molecular flexibility index (Phi) is 6.77. The highest BCUT2D eigenvalue weighted by Crippen LogP contribution is 2.47. The molecule has 6 rings (SSSR count). The maximum Gasteiger partial charge on any atom is 0.416 e. The first kappa shape index (κ1) is 26.6. The van der Waals surface area contributed by atoms with Gasteiger partial charge in [-0.25, -0.2) is 0 Å². The van der Waals surface area contributed by atoms with Crippen LogP contribution >= 0.6 is 0 Å². The molecular formula is C33H25F3O5. The summed E-state index contributed by atoms with van der Waals surface area (Å²) < 4.78 is 49.7. The lowest BCUT2D eigenvalue weighted by Gasteiger charge is -2.36. The van der Waals surface area contributed by atoms with Crippen LogP contribution in [0.5, 0.6) is 17.2 Å². The third-order valence-electron chi connectivity index (χ3n) is 7.90. The number of alkyl halides is 3. The third kappa shape index (κ3) is 5.17. The Bertz CT molecular complexity index is 1610. The minimum Gasteiger partial charge on any atom is -0.507 e. The molecule has 0 fully saturated rings. The van der Waals surface area contributed by atoms with Crippen LogP contribution in [0.3, 0.4) is 0 Å². The molecule has 3 unspecified atom stereocenters. The number of phenolic OH excluding ortho intramolecular Hbond substituents is 1. The third-order valence-corrected chi connectivity index (χ3v) is 7.90. The second kappa shape index (κ2) is 10.4. The van der Waals surface area contributed by atoms with E-state index in [0.29, 0.717) is 17.7 Å². The lowest BCUT2D eigenvalue weighted by Crippen LogP contribution is -2.39. The van der Waals surface area contributed by atoms with E-state index in [2.05, 4.69) is 0 Å². The van der Waals surface area contributed by atoms with Gasteiger partial charge in [0.25, 0.3) is 0 Å². The van der Waals surface area contributed by atoms with Crippen molar-refractivity contribution in [1.29, 1.82) is 0 Å². The van der Waals surface area contributed by atoms with E-state index in [1.807, 2.05) is 48.5 Å². The van der Waals surface area contributed by atoms with Gasteiger partial charge < -0.3 is 14.6 Å². The van der Waals surface area contributed by atoms with E-state index < -0.39 is 35.3 Å². The van der Waals surface area contributed by atoms with E-state index in [-0.39, 0.29) is 29.6 Å². The van der Waals surface area contributed by atoms with Crippen LogP contribution < -0.4 is 9.47 Å². The molecule has 8 heteroatoms. The van der Waals surface area contributed by atoms with Gasteiger partial charge in [-0.1, -0.05) is 54.6 Å². The Hall–Kier alpha value is -4.59. The van der Waals surface area contributed by atoms with Crippen molar-refractivity contribution in [2.45, 2.75) is 37.5 Å². The van der Waals surface area contributed by atoms with E-state index in [9.17, 15) is 27.9 Å². The number of carbonyl (C=O) groups excluding carboxylic acids is 2. The van der Waals surface area contributed by atoms with Crippen molar-refractivity contribution in [2.75, 3.05) is 0 Å². The van der Waals surface area contributed by atoms with Crippen LogP contribution in [0.2, 0.25) is 0 Å². The molecule has 3 atom stereocenters. The molecule has 0 saturated heterocycles. The van der Waals surface area contributed by atoms with Crippen molar-refractivity contribution >= 4 is 11.8 Å². The molecule has 1 aliphatic heterocycles. The van der Waals surface area contributed by atoms with Crippen molar-refractivity contribution in [3.05, 3.63) is 124 Å². The van der Waals surface area contributed by atoms with Crippen LogP contribution in [0, 0.1) is 5.92 Å². The first-order valence-electron chi connectivity index (χ1n) is 13.2. The van der Waals surface area contributed by atoms with Crippen LogP contribution in [-0.4, -0.2) is 16.9 Å². The lowest BCUT2D eigenvalue weighted by atomic mass is 9.67. The zero-order chi connectivity index (χ0) is 28.7. The molecule has 1 heterocycles. The second-order valence-electron chi connectivity index (χ2n) is 10.4. The van der Waals surface area contributed by atoms with E-state index in [4.69, 9.17) is 9.47 Å². The minimum atomic E-state index is -4.38. The maximum absolute atomic E-state index is 13.6. The number of aromatic hydroxyl groups is 1. The monoisotopic (exact) mass is 558 g/mol. The van der Waals surface area contributed by atoms with Crippen LogP contribution in [-0.2, 0) is 24.0 Å². The number of carbonyl (C=O) groups is 2. The van der Waals surface area contributed by atoms with Gasteiger partial charge in [-0.15, -0.1) is 0 Å². The molecule has 1 N–H and O–H groups in total.